The zero-order valence-electron chi connectivity index (χ0n) is 15.6. The number of hydrogen-bond donors (Lipinski definition) is 1. The lowest BCUT2D eigenvalue weighted by Crippen LogP contribution is -2.45. The Kier molecular flexibility index (Phi) is 5.78. The highest BCUT2D eigenvalue weighted by atomic mass is 16.1. The maximum atomic E-state index is 12.5. The zero-order chi connectivity index (χ0) is 18.5. The van der Waals surface area contributed by atoms with Crippen molar-refractivity contribution in [2.75, 3.05) is 38.1 Å². The van der Waals surface area contributed by atoms with Gasteiger partial charge in [0, 0.05) is 56.6 Å². The van der Waals surface area contributed by atoms with Gasteiger partial charge in [-0.1, -0.05) is 19.9 Å². The van der Waals surface area contributed by atoms with Crippen molar-refractivity contribution in [3.05, 3.63) is 47.7 Å². The summed E-state index contributed by atoms with van der Waals surface area (Å²) in [4.78, 5) is 30.2. The number of pyridine rings is 1. The minimum Gasteiger partial charge on any atom is -0.354 e. The van der Waals surface area contributed by atoms with Gasteiger partial charge in [-0.3, -0.25) is 4.79 Å². The van der Waals surface area contributed by atoms with Crippen molar-refractivity contribution in [2.45, 2.75) is 26.3 Å². The first-order valence-corrected chi connectivity index (χ1v) is 9.03. The van der Waals surface area contributed by atoms with E-state index in [-0.39, 0.29) is 11.8 Å². The Morgan fingerprint density at radius 2 is 1.92 bits per heavy atom. The summed E-state index contributed by atoms with van der Waals surface area (Å²) in [6.45, 7) is 8.36. The molecule has 26 heavy (non-hydrogen) atoms. The number of carbonyl (C=O) groups excluding carboxylic acids is 1. The van der Waals surface area contributed by atoms with Crippen molar-refractivity contribution in [1.82, 2.24) is 25.2 Å². The average Bonchev–Trinajstić information content (AvgIpc) is 2.67. The Bertz CT molecular complexity index is 755. The van der Waals surface area contributed by atoms with Gasteiger partial charge in [0.25, 0.3) is 5.91 Å². The van der Waals surface area contributed by atoms with Crippen LogP contribution in [0.1, 0.15) is 41.6 Å². The van der Waals surface area contributed by atoms with Crippen LogP contribution in [-0.4, -0.2) is 59.0 Å². The summed E-state index contributed by atoms with van der Waals surface area (Å²) in [5.74, 6) is 1.62. The van der Waals surface area contributed by atoms with Crippen molar-refractivity contribution in [2.24, 2.45) is 0 Å². The molecule has 1 aliphatic rings. The van der Waals surface area contributed by atoms with Crippen LogP contribution >= 0.6 is 0 Å². The van der Waals surface area contributed by atoms with Gasteiger partial charge >= 0.3 is 0 Å². The van der Waals surface area contributed by atoms with Crippen LogP contribution in [0, 0.1) is 0 Å². The summed E-state index contributed by atoms with van der Waals surface area (Å²) in [5.41, 5.74) is 1.41. The Balaban J connectivity index is 1.68. The van der Waals surface area contributed by atoms with E-state index in [1.807, 2.05) is 26.0 Å². The molecule has 2 aromatic heterocycles. The third kappa shape index (κ3) is 4.35. The highest BCUT2D eigenvalue weighted by Crippen LogP contribution is 2.18. The normalized spacial score (nSPS) is 15.3. The molecule has 1 fully saturated rings. The van der Waals surface area contributed by atoms with Crippen molar-refractivity contribution in [3.8, 4) is 0 Å². The molecule has 0 bridgehead atoms. The van der Waals surface area contributed by atoms with Crippen LogP contribution in [-0.2, 0) is 6.54 Å². The van der Waals surface area contributed by atoms with Crippen molar-refractivity contribution in [3.63, 3.8) is 0 Å². The summed E-state index contributed by atoms with van der Waals surface area (Å²) in [7, 11) is 2.13. The predicted molar refractivity (Wildman–Crippen MR) is 101 cm³/mol. The number of piperazine rings is 1. The molecule has 3 rings (SSSR count). The summed E-state index contributed by atoms with van der Waals surface area (Å²) < 4.78 is 0. The van der Waals surface area contributed by atoms with Gasteiger partial charge in [-0.25, -0.2) is 15.0 Å². The molecule has 2 aromatic rings. The molecule has 7 heteroatoms. The lowest BCUT2D eigenvalue weighted by molar-refractivity contribution is 0.0945. The van der Waals surface area contributed by atoms with E-state index >= 15 is 0 Å². The van der Waals surface area contributed by atoms with Gasteiger partial charge in [-0.05, 0) is 19.2 Å². The van der Waals surface area contributed by atoms with Crippen LogP contribution < -0.4 is 10.2 Å². The molecular formula is C19H26N6O. The molecular weight excluding hydrogens is 328 g/mol. The van der Waals surface area contributed by atoms with Gasteiger partial charge in [0.15, 0.2) is 0 Å². The molecule has 1 amide bonds. The van der Waals surface area contributed by atoms with E-state index in [4.69, 9.17) is 0 Å². The summed E-state index contributed by atoms with van der Waals surface area (Å²) in [6.07, 6.45) is 3.44. The van der Waals surface area contributed by atoms with Gasteiger partial charge in [0.2, 0.25) is 0 Å². The molecule has 0 aliphatic carbocycles. The summed E-state index contributed by atoms with van der Waals surface area (Å²) in [6, 6.07) is 5.56. The average molecular weight is 354 g/mol. The van der Waals surface area contributed by atoms with Crippen LogP contribution in [0.25, 0.3) is 0 Å². The van der Waals surface area contributed by atoms with Crippen LogP contribution in [0.4, 0.5) is 5.82 Å². The van der Waals surface area contributed by atoms with E-state index < -0.39 is 0 Å². The second-order valence-electron chi connectivity index (χ2n) is 6.91. The Morgan fingerprint density at radius 3 is 2.65 bits per heavy atom. The molecule has 0 aromatic carbocycles. The third-order valence-corrected chi connectivity index (χ3v) is 4.53. The summed E-state index contributed by atoms with van der Waals surface area (Å²) >= 11 is 0. The van der Waals surface area contributed by atoms with E-state index in [0.717, 1.165) is 37.6 Å². The van der Waals surface area contributed by atoms with Crippen molar-refractivity contribution >= 4 is 11.7 Å². The Labute approximate surface area is 154 Å². The first-order chi connectivity index (χ1) is 12.5. The fourth-order valence-corrected chi connectivity index (χ4v) is 2.92. The molecule has 0 saturated carbocycles. The Morgan fingerprint density at radius 1 is 1.15 bits per heavy atom. The minimum absolute atomic E-state index is 0.185. The molecule has 1 saturated heterocycles. The lowest BCUT2D eigenvalue weighted by atomic mass is 10.2. The minimum atomic E-state index is -0.192. The number of anilines is 1. The van der Waals surface area contributed by atoms with Gasteiger partial charge in [0.05, 0.1) is 0 Å². The van der Waals surface area contributed by atoms with Crippen LogP contribution in [0.15, 0.2) is 30.6 Å². The second-order valence-corrected chi connectivity index (χ2v) is 6.91. The topological polar surface area (TPSA) is 74.2 Å². The quantitative estimate of drug-likeness (QED) is 0.881. The first kappa shape index (κ1) is 18.3. The molecule has 0 atom stereocenters. The number of likely N-dealkylation sites (N-methyl/N-ethyl adjacent to an activating group) is 1. The van der Waals surface area contributed by atoms with Gasteiger partial charge < -0.3 is 15.1 Å². The first-order valence-electron chi connectivity index (χ1n) is 9.03. The van der Waals surface area contributed by atoms with E-state index in [2.05, 4.69) is 37.1 Å². The molecule has 1 aliphatic heterocycles. The fraction of sp³-hybridized carbons (Fsp3) is 0.474. The van der Waals surface area contributed by atoms with E-state index in [1.54, 1.807) is 18.5 Å². The second kappa shape index (κ2) is 8.23. The predicted octanol–water partition coefficient (Wildman–Crippen LogP) is 1.68. The molecule has 0 radical (unpaired) electrons. The zero-order valence-corrected chi connectivity index (χ0v) is 15.6. The number of nitrogens with one attached hydrogen (secondary N) is 1. The van der Waals surface area contributed by atoms with Crippen LogP contribution in [0.2, 0.25) is 0 Å². The fourth-order valence-electron chi connectivity index (χ4n) is 2.92. The SMILES string of the molecule is CC(C)c1nccc(C(=O)NCc2cccnc2N2CCN(C)CC2)n1. The molecule has 7 nitrogen and oxygen atoms in total. The standard InChI is InChI=1S/C19H26N6O/c1-14(2)17-20-8-6-16(23-17)19(26)22-13-15-5-4-7-21-18(15)25-11-9-24(3)10-12-25/h4-8,14H,9-13H2,1-3H3,(H,22,26). The maximum absolute atomic E-state index is 12.5. The molecule has 3 heterocycles. The van der Waals surface area contributed by atoms with E-state index in [0.29, 0.717) is 18.1 Å². The molecule has 0 spiro atoms. The molecule has 138 valence electrons. The number of carbonyl (C=O) groups is 1. The Hall–Kier alpha value is -2.54. The van der Waals surface area contributed by atoms with E-state index in [9.17, 15) is 4.79 Å². The molecule has 1 N–H and O–H groups in total. The van der Waals surface area contributed by atoms with Gasteiger partial charge in [0.1, 0.15) is 17.3 Å². The summed E-state index contributed by atoms with van der Waals surface area (Å²) in [5, 5.41) is 2.96. The number of amides is 1. The van der Waals surface area contributed by atoms with Crippen LogP contribution in [0.5, 0.6) is 0 Å². The van der Waals surface area contributed by atoms with Gasteiger partial charge in [-0.15, -0.1) is 0 Å². The number of hydrogen-bond acceptors (Lipinski definition) is 6. The highest BCUT2D eigenvalue weighted by molar-refractivity contribution is 5.92. The highest BCUT2D eigenvalue weighted by Gasteiger charge is 2.18. The largest absolute Gasteiger partial charge is 0.354 e. The number of nitrogens with zero attached hydrogens (tertiary/aromatic N) is 5. The third-order valence-electron chi connectivity index (χ3n) is 4.53. The number of aromatic nitrogens is 3. The van der Waals surface area contributed by atoms with E-state index in [1.165, 1.54) is 0 Å². The smallest absolute Gasteiger partial charge is 0.270 e. The number of rotatable bonds is 5. The lowest BCUT2D eigenvalue weighted by Gasteiger charge is -2.34. The molecule has 0 unspecified atom stereocenters. The van der Waals surface area contributed by atoms with Crippen molar-refractivity contribution < 1.29 is 4.79 Å². The van der Waals surface area contributed by atoms with Crippen LogP contribution in [0.3, 0.4) is 0 Å². The monoisotopic (exact) mass is 354 g/mol. The van der Waals surface area contributed by atoms with Crippen molar-refractivity contribution in [1.29, 1.82) is 0 Å². The van der Waals surface area contributed by atoms with Gasteiger partial charge in [-0.2, -0.15) is 0 Å². The maximum Gasteiger partial charge on any atom is 0.270 e.